The third kappa shape index (κ3) is 3.49. The van der Waals surface area contributed by atoms with E-state index >= 15 is 0 Å². The van der Waals surface area contributed by atoms with Crippen molar-refractivity contribution in [3.8, 4) is 5.75 Å². The van der Waals surface area contributed by atoms with Crippen LogP contribution in [0.4, 0.5) is 0 Å². The highest BCUT2D eigenvalue weighted by atomic mass is 79.9. The Balaban J connectivity index is 2.81. The lowest BCUT2D eigenvalue weighted by atomic mass is 10.1. The van der Waals surface area contributed by atoms with Crippen LogP contribution in [0.25, 0.3) is 0 Å². The number of ether oxygens (including phenoxy) is 2. The Morgan fingerprint density at radius 1 is 1.40 bits per heavy atom. The number of methoxy groups -OCH3 is 2. The monoisotopic (exact) mass is 345 g/mol. The van der Waals surface area contributed by atoms with Crippen molar-refractivity contribution in [2.24, 2.45) is 0 Å². The molecule has 110 valence electrons. The van der Waals surface area contributed by atoms with Gasteiger partial charge in [0.1, 0.15) is 5.75 Å². The number of aliphatic carboxylic acids is 1. The van der Waals surface area contributed by atoms with Crippen LogP contribution in [0.1, 0.15) is 12.5 Å². The molecular formula is C13H16BrNO5. The molecule has 0 aromatic heterocycles. The van der Waals surface area contributed by atoms with Gasteiger partial charge in [0.15, 0.2) is 0 Å². The molecule has 6 nitrogen and oxygen atoms in total. The topological polar surface area (TPSA) is 84.9 Å². The summed E-state index contributed by atoms with van der Waals surface area (Å²) in [7, 11) is 2.72. The van der Waals surface area contributed by atoms with Crippen LogP contribution < -0.4 is 10.1 Å². The van der Waals surface area contributed by atoms with Crippen molar-refractivity contribution in [3.63, 3.8) is 0 Å². The molecule has 1 aromatic rings. The fourth-order valence-corrected chi connectivity index (χ4v) is 1.82. The van der Waals surface area contributed by atoms with Crippen molar-refractivity contribution in [2.45, 2.75) is 19.1 Å². The van der Waals surface area contributed by atoms with E-state index in [2.05, 4.69) is 21.2 Å². The molecule has 1 rings (SSSR count). The molecule has 1 unspecified atom stereocenters. The minimum atomic E-state index is -1.91. The molecular weight excluding hydrogens is 330 g/mol. The Kier molecular flexibility index (Phi) is 5.52. The molecule has 0 aliphatic carbocycles. The van der Waals surface area contributed by atoms with Gasteiger partial charge in [0.2, 0.25) is 5.60 Å². The molecule has 0 aliphatic rings. The predicted octanol–water partition coefficient (Wildman–Crippen LogP) is 1.56. The Morgan fingerprint density at radius 3 is 2.55 bits per heavy atom. The molecule has 0 saturated carbocycles. The third-order valence-corrected chi connectivity index (χ3v) is 3.72. The van der Waals surface area contributed by atoms with Gasteiger partial charge in [0.25, 0.3) is 5.91 Å². The first-order valence-corrected chi connectivity index (χ1v) is 6.53. The molecule has 0 heterocycles. The highest BCUT2D eigenvalue weighted by Crippen LogP contribution is 2.22. The van der Waals surface area contributed by atoms with Crippen molar-refractivity contribution in [1.29, 1.82) is 0 Å². The summed E-state index contributed by atoms with van der Waals surface area (Å²) in [5.74, 6) is -1.42. The summed E-state index contributed by atoms with van der Waals surface area (Å²) in [6.45, 7) is 1.36. The van der Waals surface area contributed by atoms with E-state index in [1.54, 1.807) is 18.2 Å². The van der Waals surface area contributed by atoms with Gasteiger partial charge in [0.05, 0.1) is 7.11 Å². The summed E-state index contributed by atoms with van der Waals surface area (Å²) in [6.07, 6.45) is 0. The molecule has 0 fully saturated rings. The van der Waals surface area contributed by atoms with E-state index in [1.165, 1.54) is 21.1 Å². The van der Waals surface area contributed by atoms with Gasteiger partial charge in [-0.15, -0.1) is 0 Å². The minimum Gasteiger partial charge on any atom is -0.497 e. The molecule has 1 aromatic carbocycles. The maximum atomic E-state index is 11.9. The Bertz CT molecular complexity index is 519. The lowest BCUT2D eigenvalue weighted by Gasteiger charge is -2.22. The Morgan fingerprint density at radius 2 is 2.05 bits per heavy atom. The average Bonchev–Trinajstić information content (AvgIpc) is 2.44. The zero-order chi connectivity index (χ0) is 15.3. The number of rotatable bonds is 6. The van der Waals surface area contributed by atoms with Crippen LogP contribution in [0.3, 0.4) is 0 Å². The number of amides is 1. The highest BCUT2D eigenvalue weighted by molar-refractivity contribution is 9.10. The van der Waals surface area contributed by atoms with Crippen LogP contribution >= 0.6 is 15.9 Å². The van der Waals surface area contributed by atoms with Crippen molar-refractivity contribution in [1.82, 2.24) is 5.32 Å². The van der Waals surface area contributed by atoms with Crippen LogP contribution in [0.5, 0.6) is 5.75 Å². The van der Waals surface area contributed by atoms with E-state index in [4.69, 9.17) is 14.6 Å². The number of carbonyl (C=O) groups is 2. The Labute approximate surface area is 125 Å². The number of hydrogen-bond acceptors (Lipinski definition) is 4. The normalized spacial score (nSPS) is 13.4. The van der Waals surface area contributed by atoms with Crippen LogP contribution in [0.2, 0.25) is 0 Å². The lowest BCUT2D eigenvalue weighted by molar-refractivity contribution is -0.167. The predicted molar refractivity (Wildman–Crippen MR) is 75.6 cm³/mol. The second-order valence-electron chi connectivity index (χ2n) is 4.18. The zero-order valence-electron chi connectivity index (χ0n) is 11.4. The van der Waals surface area contributed by atoms with E-state index < -0.39 is 17.5 Å². The van der Waals surface area contributed by atoms with Crippen molar-refractivity contribution >= 4 is 27.8 Å². The minimum absolute atomic E-state index is 0.156. The van der Waals surface area contributed by atoms with Crippen LogP contribution in [-0.4, -0.2) is 36.8 Å². The standard InChI is InChI=1S/C13H16BrNO5/c1-13(20-3,12(17)18)11(16)15-7-8-6-9(19-2)4-5-10(8)14/h4-6H,7H2,1-3H3,(H,15,16)(H,17,18). The number of carboxylic acid groups (broad SMARTS) is 1. The Hall–Kier alpha value is -1.60. The lowest BCUT2D eigenvalue weighted by Crippen LogP contribution is -2.51. The fourth-order valence-electron chi connectivity index (χ4n) is 1.43. The van der Waals surface area contributed by atoms with E-state index in [1.807, 2.05) is 0 Å². The molecule has 0 bridgehead atoms. The van der Waals surface area contributed by atoms with E-state index in [-0.39, 0.29) is 6.54 Å². The second kappa shape index (κ2) is 6.71. The van der Waals surface area contributed by atoms with E-state index in [0.717, 1.165) is 10.0 Å². The van der Waals surface area contributed by atoms with Gasteiger partial charge in [-0.05, 0) is 30.7 Å². The molecule has 0 radical (unpaired) electrons. The third-order valence-electron chi connectivity index (χ3n) is 2.94. The number of carboxylic acids is 1. The first-order valence-electron chi connectivity index (χ1n) is 5.74. The number of hydrogen-bond donors (Lipinski definition) is 2. The summed E-state index contributed by atoms with van der Waals surface area (Å²) < 4.78 is 10.7. The molecule has 1 atom stereocenters. The van der Waals surface area contributed by atoms with Gasteiger partial charge in [-0.25, -0.2) is 4.79 Å². The maximum Gasteiger partial charge on any atom is 0.345 e. The van der Waals surface area contributed by atoms with E-state index in [0.29, 0.717) is 5.75 Å². The fraction of sp³-hybridized carbons (Fsp3) is 0.385. The highest BCUT2D eigenvalue weighted by Gasteiger charge is 2.41. The van der Waals surface area contributed by atoms with Crippen molar-refractivity contribution in [2.75, 3.05) is 14.2 Å². The number of halogens is 1. The van der Waals surface area contributed by atoms with Crippen LogP contribution in [-0.2, 0) is 20.9 Å². The number of carbonyl (C=O) groups excluding carboxylic acids is 1. The summed E-state index contributed by atoms with van der Waals surface area (Å²) in [5, 5.41) is 11.6. The smallest absolute Gasteiger partial charge is 0.345 e. The quantitative estimate of drug-likeness (QED) is 0.764. The van der Waals surface area contributed by atoms with Gasteiger partial charge in [0, 0.05) is 18.1 Å². The molecule has 0 aliphatic heterocycles. The first-order chi connectivity index (χ1) is 9.35. The summed E-state index contributed by atoms with van der Waals surface area (Å²) >= 11 is 3.35. The van der Waals surface area contributed by atoms with Gasteiger partial charge < -0.3 is 19.9 Å². The summed E-state index contributed by atoms with van der Waals surface area (Å²) in [6, 6.07) is 5.30. The number of benzene rings is 1. The van der Waals surface area contributed by atoms with Crippen LogP contribution in [0, 0.1) is 0 Å². The van der Waals surface area contributed by atoms with Crippen molar-refractivity contribution < 1.29 is 24.2 Å². The molecule has 7 heteroatoms. The average molecular weight is 346 g/mol. The van der Waals surface area contributed by atoms with Gasteiger partial charge >= 0.3 is 5.97 Å². The van der Waals surface area contributed by atoms with Crippen molar-refractivity contribution in [3.05, 3.63) is 28.2 Å². The molecule has 1 amide bonds. The second-order valence-corrected chi connectivity index (χ2v) is 5.04. The maximum absolute atomic E-state index is 11.9. The first kappa shape index (κ1) is 16.5. The van der Waals surface area contributed by atoms with Gasteiger partial charge in [-0.1, -0.05) is 15.9 Å². The summed E-state index contributed by atoms with van der Waals surface area (Å²) in [5.41, 5.74) is -1.15. The molecule has 20 heavy (non-hydrogen) atoms. The zero-order valence-corrected chi connectivity index (χ0v) is 13.0. The van der Waals surface area contributed by atoms with Crippen LogP contribution in [0.15, 0.2) is 22.7 Å². The largest absolute Gasteiger partial charge is 0.497 e. The SMILES string of the molecule is COc1ccc(Br)c(CNC(=O)C(C)(OC)C(=O)O)c1. The molecule has 0 saturated heterocycles. The number of nitrogens with one attached hydrogen (secondary N) is 1. The summed E-state index contributed by atoms with van der Waals surface area (Å²) in [4.78, 5) is 23.0. The molecule has 0 spiro atoms. The molecule has 2 N–H and O–H groups in total. The van der Waals surface area contributed by atoms with Gasteiger partial charge in [-0.2, -0.15) is 0 Å². The van der Waals surface area contributed by atoms with Gasteiger partial charge in [-0.3, -0.25) is 4.79 Å². The van der Waals surface area contributed by atoms with E-state index in [9.17, 15) is 9.59 Å².